The second-order valence-electron chi connectivity index (χ2n) is 3.40. The van der Waals surface area contributed by atoms with Crippen LogP contribution >= 0.6 is 12.6 Å². The molecule has 1 amide bonds. The molecule has 0 aromatic carbocycles. The van der Waals surface area contributed by atoms with Crippen LogP contribution in [-0.4, -0.2) is 17.7 Å². The molecule has 0 saturated carbocycles. The number of carbonyl (C=O) groups excluding carboxylic acids is 1. The molecule has 0 rings (SSSR count). The number of thiol groups is 1. The van der Waals surface area contributed by atoms with Crippen molar-refractivity contribution in [2.45, 2.75) is 39.7 Å². The Morgan fingerprint density at radius 3 is 2.54 bits per heavy atom. The van der Waals surface area contributed by atoms with Gasteiger partial charge in [0.15, 0.2) is 0 Å². The Labute approximate surface area is 86.2 Å². The van der Waals surface area contributed by atoms with E-state index in [1.165, 1.54) is 0 Å². The van der Waals surface area contributed by atoms with Crippen LogP contribution in [0, 0.1) is 0 Å². The van der Waals surface area contributed by atoms with Crippen molar-refractivity contribution in [3.63, 3.8) is 0 Å². The zero-order chi connectivity index (χ0) is 10.3. The number of allylic oxidation sites excluding steroid dienone is 1. The Kier molecular flexibility index (Phi) is 6.77. The van der Waals surface area contributed by atoms with Crippen molar-refractivity contribution in [1.29, 1.82) is 0 Å². The first-order valence-electron chi connectivity index (χ1n) is 4.66. The molecule has 0 aliphatic rings. The number of rotatable bonds is 5. The van der Waals surface area contributed by atoms with Crippen molar-refractivity contribution in [1.82, 2.24) is 5.32 Å². The predicted molar refractivity (Wildman–Crippen MR) is 60.1 cm³/mol. The van der Waals surface area contributed by atoms with Crippen LogP contribution in [0.4, 0.5) is 0 Å². The lowest BCUT2D eigenvalue weighted by Gasteiger charge is -2.13. The van der Waals surface area contributed by atoms with Gasteiger partial charge in [-0.25, -0.2) is 0 Å². The van der Waals surface area contributed by atoms with Gasteiger partial charge >= 0.3 is 0 Å². The lowest BCUT2D eigenvalue weighted by atomic mass is 10.2. The van der Waals surface area contributed by atoms with E-state index < -0.39 is 0 Å². The quantitative estimate of drug-likeness (QED) is 0.518. The Balaban J connectivity index is 3.94. The summed E-state index contributed by atoms with van der Waals surface area (Å²) >= 11 is 4.18. The topological polar surface area (TPSA) is 29.1 Å². The molecule has 0 heterocycles. The summed E-state index contributed by atoms with van der Waals surface area (Å²) in [5.41, 5.74) is 1.02. The van der Waals surface area contributed by atoms with Crippen LogP contribution in [0.15, 0.2) is 11.6 Å². The monoisotopic (exact) mass is 201 g/mol. The maximum absolute atomic E-state index is 11.3. The Morgan fingerprint density at radius 2 is 2.15 bits per heavy atom. The SMILES string of the molecule is CCC[C@H](CS)NC(=O)C=C(C)C. The highest BCUT2D eigenvalue weighted by Crippen LogP contribution is 1.99. The summed E-state index contributed by atoms with van der Waals surface area (Å²) in [7, 11) is 0. The maximum atomic E-state index is 11.3. The molecule has 0 radical (unpaired) electrons. The summed E-state index contributed by atoms with van der Waals surface area (Å²) in [6, 6.07) is 0.205. The van der Waals surface area contributed by atoms with Gasteiger partial charge in [-0.2, -0.15) is 12.6 Å². The molecule has 2 nitrogen and oxygen atoms in total. The summed E-state index contributed by atoms with van der Waals surface area (Å²) in [5, 5.41) is 2.91. The van der Waals surface area contributed by atoms with Crippen LogP contribution in [0.25, 0.3) is 0 Å². The number of hydrogen-bond acceptors (Lipinski definition) is 2. The van der Waals surface area contributed by atoms with Crippen molar-refractivity contribution in [3.05, 3.63) is 11.6 Å². The van der Waals surface area contributed by atoms with E-state index in [9.17, 15) is 4.79 Å². The molecule has 0 saturated heterocycles. The van der Waals surface area contributed by atoms with E-state index in [2.05, 4.69) is 24.9 Å². The first-order valence-corrected chi connectivity index (χ1v) is 5.29. The molecule has 0 aliphatic heterocycles. The normalized spacial score (nSPS) is 12.0. The molecule has 0 bridgehead atoms. The van der Waals surface area contributed by atoms with Gasteiger partial charge in [-0.15, -0.1) is 0 Å². The molecular weight excluding hydrogens is 182 g/mol. The standard InChI is InChI=1S/C10H19NOS/c1-4-5-9(7-13)11-10(12)6-8(2)3/h6,9,13H,4-5,7H2,1-3H3,(H,11,12)/t9-/m1/s1. The summed E-state index contributed by atoms with van der Waals surface area (Å²) in [4.78, 5) is 11.3. The lowest BCUT2D eigenvalue weighted by Crippen LogP contribution is -2.35. The fourth-order valence-electron chi connectivity index (χ4n) is 1.06. The van der Waals surface area contributed by atoms with Crippen LogP contribution in [-0.2, 0) is 4.79 Å². The van der Waals surface area contributed by atoms with E-state index in [4.69, 9.17) is 0 Å². The van der Waals surface area contributed by atoms with Crippen LogP contribution in [0.1, 0.15) is 33.6 Å². The molecule has 0 fully saturated rings. The predicted octanol–water partition coefficient (Wildman–Crippen LogP) is 2.17. The van der Waals surface area contributed by atoms with Crippen LogP contribution in [0.5, 0.6) is 0 Å². The molecule has 0 spiro atoms. The minimum absolute atomic E-state index is 0.00694. The first-order chi connectivity index (χ1) is 6.10. The van der Waals surface area contributed by atoms with E-state index in [0.29, 0.717) is 5.75 Å². The van der Waals surface area contributed by atoms with Crippen molar-refractivity contribution in [2.75, 3.05) is 5.75 Å². The van der Waals surface area contributed by atoms with E-state index in [1.807, 2.05) is 13.8 Å². The number of nitrogens with one attached hydrogen (secondary N) is 1. The summed E-state index contributed by atoms with van der Waals surface area (Å²) in [5.74, 6) is 0.698. The van der Waals surface area contributed by atoms with Gasteiger partial charge in [0.25, 0.3) is 0 Å². The lowest BCUT2D eigenvalue weighted by molar-refractivity contribution is -0.117. The highest BCUT2D eigenvalue weighted by molar-refractivity contribution is 7.80. The number of hydrogen-bond donors (Lipinski definition) is 2. The van der Waals surface area contributed by atoms with Crippen LogP contribution < -0.4 is 5.32 Å². The second kappa shape index (κ2) is 7.01. The van der Waals surface area contributed by atoms with Gasteiger partial charge in [0.05, 0.1) is 0 Å². The molecule has 0 unspecified atom stereocenters. The fourth-order valence-corrected chi connectivity index (χ4v) is 1.34. The minimum Gasteiger partial charge on any atom is -0.349 e. The first kappa shape index (κ1) is 12.6. The van der Waals surface area contributed by atoms with E-state index >= 15 is 0 Å². The van der Waals surface area contributed by atoms with Crippen LogP contribution in [0.3, 0.4) is 0 Å². The van der Waals surface area contributed by atoms with E-state index in [1.54, 1.807) is 6.08 Å². The highest BCUT2D eigenvalue weighted by atomic mass is 32.1. The summed E-state index contributed by atoms with van der Waals surface area (Å²) < 4.78 is 0. The number of amides is 1. The number of carbonyl (C=O) groups is 1. The fraction of sp³-hybridized carbons (Fsp3) is 0.700. The smallest absolute Gasteiger partial charge is 0.244 e. The average Bonchev–Trinajstić information content (AvgIpc) is 2.02. The molecular formula is C10H19NOS. The van der Waals surface area contributed by atoms with Gasteiger partial charge in [0.1, 0.15) is 0 Å². The van der Waals surface area contributed by atoms with Crippen molar-refractivity contribution in [3.8, 4) is 0 Å². The molecule has 0 aliphatic carbocycles. The molecule has 3 heteroatoms. The average molecular weight is 201 g/mol. The molecule has 13 heavy (non-hydrogen) atoms. The van der Waals surface area contributed by atoms with Gasteiger partial charge in [0, 0.05) is 17.9 Å². The van der Waals surface area contributed by atoms with E-state index in [-0.39, 0.29) is 11.9 Å². The van der Waals surface area contributed by atoms with Gasteiger partial charge in [-0.1, -0.05) is 18.9 Å². The third-order valence-corrected chi connectivity index (χ3v) is 2.06. The largest absolute Gasteiger partial charge is 0.349 e. The van der Waals surface area contributed by atoms with Crippen molar-refractivity contribution >= 4 is 18.5 Å². The summed E-state index contributed by atoms with van der Waals surface area (Å²) in [6.07, 6.45) is 3.68. The van der Waals surface area contributed by atoms with E-state index in [0.717, 1.165) is 18.4 Å². The molecule has 1 N–H and O–H groups in total. The van der Waals surface area contributed by atoms with Gasteiger partial charge in [0.2, 0.25) is 5.91 Å². The molecule has 1 atom stereocenters. The second-order valence-corrected chi connectivity index (χ2v) is 3.76. The van der Waals surface area contributed by atoms with Gasteiger partial charge in [-0.05, 0) is 20.3 Å². The van der Waals surface area contributed by atoms with Crippen molar-refractivity contribution < 1.29 is 4.79 Å². The molecule has 0 aromatic rings. The molecule has 76 valence electrons. The zero-order valence-corrected chi connectivity index (χ0v) is 9.53. The van der Waals surface area contributed by atoms with Crippen molar-refractivity contribution in [2.24, 2.45) is 0 Å². The van der Waals surface area contributed by atoms with Gasteiger partial charge in [-0.3, -0.25) is 4.79 Å². The minimum atomic E-state index is -0.00694. The third-order valence-electron chi connectivity index (χ3n) is 1.62. The Hall–Kier alpha value is -0.440. The maximum Gasteiger partial charge on any atom is 0.244 e. The third kappa shape index (κ3) is 6.70. The highest BCUT2D eigenvalue weighted by Gasteiger charge is 2.06. The molecule has 0 aromatic heterocycles. The van der Waals surface area contributed by atoms with Gasteiger partial charge < -0.3 is 5.32 Å². The van der Waals surface area contributed by atoms with Crippen LogP contribution in [0.2, 0.25) is 0 Å². The Morgan fingerprint density at radius 1 is 1.54 bits per heavy atom. The Bertz CT molecular complexity index is 185. The zero-order valence-electron chi connectivity index (χ0n) is 8.63. The summed E-state index contributed by atoms with van der Waals surface area (Å²) in [6.45, 7) is 5.92.